The Hall–Kier alpha value is -1.19. The molecule has 1 aromatic carbocycles. The minimum absolute atomic E-state index is 0. The van der Waals surface area contributed by atoms with Crippen molar-refractivity contribution in [2.45, 2.75) is 64.0 Å². The van der Waals surface area contributed by atoms with E-state index >= 15 is 0 Å². The Morgan fingerprint density at radius 2 is 1.94 bits per heavy atom. The number of aromatic nitrogens is 1. The van der Waals surface area contributed by atoms with Gasteiger partial charge in [0.1, 0.15) is 0 Å². The second-order valence-corrected chi connectivity index (χ2v) is 9.64. The third-order valence-electron chi connectivity index (χ3n) is 6.15. The summed E-state index contributed by atoms with van der Waals surface area (Å²) >= 11 is 1.94. The number of hydrogen-bond donors (Lipinski definition) is 2. The first kappa shape index (κ1) is 24.5. The molecule has 0 bridgehead atoms. The minimum Gasteiger partial charge on any atom is -0.356 e. The van der Waals surface area contributed by atoms with Gasteiger partial charge in [-0.25, -0.2) is 4.98 Å². The number of thiazole rings is 1. The number of nitrogens with one attached hydrogen (secondary N) is 2. The maximum absolute atomic E-state index is 4.86. The lowest BCUT2D eigenvalue weighted by molar-refractivity contribution is 0.198. The Morgan fingerprint density at radius 3 is 2.68 bits per heavy atom. The minimum atomic E-state index is 0. The fourth-order valence-corrected chi connectivity index (χ4v) is 5.62. The highest BCUT2D eigenvalue weighted by Crippen LogP contribution is 2.27. The van der Waals surface area contributed by atoms with Crippen molar-refractivity contribution in [1.29, 1.82) is 0 Å². The van der Waals surface area contributed by atoms with Gasteiger partial charge in [0.15, 0.2) is 5.96 Å². The monoisotopic (exact) mass is 553 g/mol. The molecule has 1 saturated heterocycles. The van der Waals surface area contributed by atoms with Crippen LogP contribution in [-0.2, 0) is 25.8 Å². The molecule has 0 unspecified atom stereocenters. The average Bonchev–Trinajstić information content (AvgIpc) is 3.21. The van der Waals surface area contributed by atoms with Crippen LogP contribution in [0, 0.1) is 0 Å². The molecular formula is C24H36IN5S. The Morgan fingerprint density at radius 1 is 1.16 bits per heavy atom. The summed E-state index contributed by atoms with van der Waals surface area (Å²) in [6.07, 6.45) is 9.57. The van der Waals surface area contributed by atoms with Crippen molar-refractivity contribution in [3.63, 3.8) is 0 Å². The summed E-state index contributed by atoms with van der Waals surface area (Å²) in [4.78, 5) is 13.4. The van der Waals surface area contributed by atoms with Gasteiger partial charge in [0.2, 0.25) is 0 Å². The van der Waals surface area contributed by atoms with Crippen LogP contribution in [0.15, 0.2) is 35.3 Å². The highest BCUT2D eigenvalue weighted by Gasteiger charge is 2.20. The molecular weight excluding hydrogens is 517 g/mol. The molecule has 2 aliphatic rings. The van der Waals surface area contributed by atoms with E-state index in [-0.39, 0.29) is 24.0 Å². The van der Waals surface area contributed by atoms with E-state index in [0.717, 1.165) is 57.8 Å². The number of fused-ring (bicyclic) bond motifs is 1. The van der Waals surface area contributed by atoms with Gasteiger partial charge < -0.3 is 10.6 Å². The van der Waals surface area contributed by atoms with Gasteiger partial charge in [-0.15, -0.1) is 35.3 Å². The summed E-state index contributed by atoms with van der Waals surface area (Å²) in [7, 11) is 1.87. The third kappa shape index (κ3) is 7.43. The van der Waals surface area contributed by atoms with Crippen molar-refractivity contribution in [3.05, 3.63) is 51.5 Å². The Bertz CT molecular complexity index is 791. The first-order valence-electron chi connectivity index (χ1n) is 11.5. The lowest BCUT2D eigenvalue weighted by Crippen LogP contribution is -2.48. The van der Waals surface area contributed by atoms with E-state index in [1.54, 1.807) is 4.88 Å². The highest BCUT2D eigenvalue weighted by atomic mass is 127. The second-order valence-electron chi connectivity index (χ2n) is 8.47. The van der Waals surface area contributed by atoms with Crippen molar-refractivity contribution in [1.82, 2.24) is 20.5 Å². The van der Waals surface area contributed by atoms with Gasteiger partial charge in [0, 0.05) is 50.6 Å². The smallest absolute Gasteiger partial charge is 0.191 e. The lowest BCUT2D eigenvalue weighted by Gasteiger charge is -2.33. The molecule has 1 aliphatic heterocycles. The van der Waals surface area contributed by atoms with Crippen molar-refractivity contribution in [2.75, 3.05) is 26.7 Å². The van der Waals surface area contributed by atoms with E-state index in [0.29, 0.717) is 6.04 Å². The second kappa shape index (κ2) is 12.7. The van der Waals surface area contributed by atoms with Gasteiger partial charge >= 0.3 is 0 Å². The molecule has 0 atom stereocenters. The number of rotatable bonds is 7. The van der Waals surface area contributed by atoms with Crippen LogP contribution in [0.4, 0.5) is 0 Å². The van der Waals surface area contributed by atoms with Crippen LogP contribution < -0.4 is 10.6 Å². The number of aliphatic imine (C=N–C) groups is 1. The van der Waals surface area contributed by atoms with E-state index < -0.39 is 0 Å². The molecule has 1 aliphatic carbocycles. The largest absolute Gasteiger partial charge is 0.356 e. The zero-order chi connectivity index (χ0) is 20.6. The standard InChI is InChI=1S/C24H35N5S.HI/c1-25-24(26-15-7-12-23-28-21-10-5-6-11-22(21)30-23)27-20-13-16-29(17-14-20)18-19-8-3-2-4-9-19;/h2-4,8-9,20H,5-7,10-18H2,1H3,(H2,25,26,27);1H. The number of likely N-dealkylation sites (tertiary alicyclic amines) is 1. The van der Waals surface area contributed by atoms with E-state index in [1.165, 1.54) is 41.9 Å². The number of aryl methyl sites for hydroxylation is 3. The van der Waals surface area contributed by atoms with Gasteiger partial charge in [-0.3, -0.25) is 9.89 Å². The number of nitrogens with zero attached hydrogens (tertiary/aromatic N) is 3. The molecule has 170 valence electrons. The molecule has 0 radical (unpaired) electrons. The van der Waals surface area contributed by atoms with Crippen LogP contribution in [0.2, 0.25) is 0 Å². The van der Waals surface area contributed by atoms with E-state index in [9.17, 15) is 0 Å². The Balaban J connectivity index is 0.00000272. The van der Waals surface area contributed by atoms with Crippen LogP contribution in [0.5, 0.6) is 0 Å². The lowest BCUT2D eigenvalue weighted by atomic mass is 10.0. The molecule has 1 fully saturated rings. The van der Waals surface area contributed by atoms with Gasteiger partial charge in [-0.2, -0.15) is 0 Å². The van der Waals surface area contributed by atoms with Crippen LogP contribution in [-0.4, -0.2) is 48.6 Å². The molecule has 0 saturated carbocycles. The maximum atomic E-state index is 4.86. The first-order valence-corrected chi connectivity index (χ1v) is 12.3. The summed E-state index contributed by atoms with van der Waals surface area (Å²) in [6.45, 7) is 4.27. The molecule has 0 amide bonds. The molecule has 0 spiro atoms. The van der Waals surface area contributed by atoms with Crippen molar-refractivity contribution < 1.29 is 0 Å². The molecule has 7 heteroatoms. The predicted octanol–water partition coefficient (Wildman–Crippen LogP) is 4.40. The SMILES string of the molecule is CN=C(NCCCc1nc2c(s1)CCCC2)NC1CCN(Cc2ccccc2)CC1.I. The van der Waals surface area contributed by atoms with Crippen LogP contribution in [0.25, 0.3) is 0 Å². The molecule has 4 rings (SSSR count). The van der Waals surface area contributed by atoms with Crippen LogP contribution in [0.1, 0.15) is 53.2 Å². The summed E-state index contributed by atoms with van der Waals surface area (Å²) in [5.41, 5.74) is 2.78. The summed E-state index contributed by atoms with van der Waals surface area (Å²) in [6, 6.07) is 11.3. The summed E-state index contributed by atoms with van der Waals surface area (Å²) < 4.78 is 0. The van der Waals surface area contributed by atoms with Crippen LogP contribution >= 0.6 is 35.3 Å². The fraction of sp³-hybridized carbons (Fsp3) is 0.583. The van der Waals surface area contributed by atoms with Gasteiger partial charge in [0.25, 0.3) is 0 Å². The molecule has 5 nitrogen and oxygen atoms in total. The first-order chi connectivity index (χ1) is 14.8. The topological polar surface area (TPSA) is 52.6 Å². The van der Waals surface area contributed by atoms with Crippen molar-refractivity contribution in [3.8, 4) is 0 Å². The Kier molecular flexibility index (Phi) is 10.1. The zero-order valence-electron chi connectivity index (χ0n) is 18.6. The third-order valence-corrected chi connectivity index (χ3v) is 7.37. The molecule has 1 aromatic heterocycles. The highest BCUT2D eigenvalue weighted by molar-refractivity contribution is 14.0. The fourth-order valence-electron chi connectivity index (χ4n) is 4.42. The molecule has 31 heavy (non-hydrogen) atoms. The molecule has 2 N–H and O–H groups in total. The number of halogens is 1. The van der Waals surface area contributed by atoms with E-state index in [2.05, 4.69) is 50.9 Å². The predicted molar refractivity (Wildman–Crippen MR) is 142 cm³/mol. The summed E-state index contributed by atoms with van der Waals surface area (Å²) in [5.74, 6) is 0.940. The van der Waals surface area contributed by atoms with Crippen LogP contribution in [0.3, 0.4) is 0 Å². The summed E-state index contributed by atoms with van der Waals surface area (Å²) in [5, 5.41) is 8.45. The van der Waals surface area contributed by atoms with Gasteiger partial charge in [0.05, 0.1) is 10.7 Å². The Labute approximate surface area is 208 Å². The quantitative estimate of drug-likeness (QED) is 0.231. The van der Waals surface area contributed by atoms with E-state index in [1.807, 2.05) is 18.4 Å². The number of guanidine groups is 1. The number of hydrogen-bond acceptors (Lipinski definition) is 4. The number of benzene rings is 1. The van der Waals surface area contributed by atoms with Crippen molar-refractivity contribution in [2.24, 2.45) is 4.99 Å². The van der Waals surface area contributed by atoms with Crippen molar-refractivity contribution >= 4 is 41.3 Å². The molecule has 2 aromatic rings. The maximum Gasteiger partial charge on any atom is 0.191 e. The number of piperidine rings is 1. The van der Waals surface area contributed by atoms with E-state index in [4.69, 9.17) is 4.98 Å². The van der Waals surface area contributed by atoms with Gasteiger partial charge in [-0.05, 0) is 50.5 Å². The zero-order valence-corrected chi connectivity index (χ0v) is 21.8. The van der Waals surface area contributed by atoms with Gasteiger partial charge in [-0.1, -0.05) is 30.3 Å². The normalized spacial score (nSPS) is 17.6. The molecule has 2 heterocycles. The average molecular weight is 554 g/mol.